The van der Waals surface area contributed by atoms with Crippen LogP contribution in [-0.4, -0.2) is 47.0 Å². The number of hydrogen-bond donors (Lipinski definition) is 2. The van der Waals surface area contributed by atoms with Gasteiger partial charge in [-0.05, 0) is 63.9 Å². The van der Waals surface area contributed by atoms with Gasteiger partial charge in [0.05, 0.1) is 16.0 Å². The molecule has 1 aliphatic rings. The highest BCUT2D eigenvalue weighted by molar-refractivity contribution is 7.98. The molecule has 6 nitrogen and oxygen atoms in total. The molecule has 2 aromatic heterocycles. The maximum atomic E-state index is 12.8. The van der Waals surface area contributed by atoms with E-state index in [1.165, 1.54) is 46.6 Å². The Kier molecular flexibility index (Phi) is 7.33. The number of hydrogen-bond acceptors (Lipinski definition) is 6. The van der Waals surface area contributed by atoms with Crippen LogP contribution in [0.15, 0.2) is 27.9 Å². The minimum atomic E-state index is -0.173. The zero-order valence-electron chi connectivity index (χ0n) is 18.9. The number of carbonyl (C=O) groups excluding carboxylic acids is 1. The van der Waals surface area contributed by atoms with Gasteiger partial charge in [-0.25, -0.2) is 4.98 Å². The standard InChI is InChI=1S/C24H30N4O2S2/c1-15-7-8-16(2)18(13-15)31-14-19-26-22(29)20-17(3)21(32-24(20)27-19)23(30)25-9-12-28-10-5-4-6-11-28/h7-8,13H,4-6,9-12,14H2,1-3H3,(H,25,30)(H,26,27,29). The van der Waals surface area contributed by atoms with E-state index in [1.54, 1.807) is 11.8 Å². The third-order valence-corrected chi connectivity index (χ3v) is 8.28. The Balaban J connectivity index is 1.46. The normalized spacial score (nSPS) is 14.7. The second kappa shape index (κ2) is 10.2. The van der Waals surface area contributed by atoms with Crippen LogP contribution < -0.4 is 10.9 Å². The number of aromatic nitrogens is 2. The smallest absolute Gasteiger partial charge is 0.261 e. The number of thioether (sulfide) groups is 1. The van der Waals surface area contributed by atoms with Gasteiger partial charge < -0.3 is 15.2 Å². The van der Waals surface area contributed by atoms with Crippen molar-refractivity contribution in [2.24, 2.45) is 0 Å². The number of aryl methyl sites for hydroxylation is 3. The highest BCUT2D eigenvalue weighted by Gasteiger charge is 2.20. The number of fused-ring (bicyclic) bond motifs is 1. The summed E-state index contributed by atoms with van der Waals surface area (Å²) < 4.78 is 0. The van der Waals surface area contributed by atoms with E-state index in [9.17, 15) is 9.59 Å². The summed E-state index contributed by atoms with van der Waals surface area (Å²) in [5, 5.41) is 3.55. The van der Waals surface area contributed by atoms with E-state index in [4.69, 9.17) is 0 Å². The van der Waals surface area contributed by atoms with E-state index in [2.05, 4.69) is 52.2 Å². The van der Waals surface area contributed by atoms with Crippen LogP contribution in [0.4, 0.5) is 0 Å². The number of piperidine rings is 1. The molecule has 0 saturated carbocycles. The molecule has 0 bridgehead atoms. The van der Waals surface area contributed by atoms with Gasteiger partial charge in [0, 0.05) is 18.0 Å². The second-order valence-electron chi connectivity index (χ2n) is 8.46. The van der Waals surface area contributed by atoms with Crippen LogP contribution in [0, 0.1) is 20.8 Å². The summed E-state index contributed by atoms with van der Waals surface area (Å²) in [5.41, 5.74) is 2.95. The van der Waals surface area contributed by atoms with E-state index in [0.29, 0.717) is 38.8 Å². The predicted molar refractivity (Wildman–Crippen MR) is 133 cm³/mol. The molecule has 0 spiro atoms. The van der Waals surface area contributed by atoms with Crippen LogP contribution in [-0.2, 0) is 5.75 Å². The average Bonchev–Trinajstić information content (AvgIpc) is 3.12. The molecular weight excluding hydrogens is 440 g/mol. The molecule has 2 N–H and O–H groups in total. The Morgan fingerprint density at radius 2 is 2.00 bits per heavy atom. The van der Waals surface area contributed by atoms with Gasteiger partial charge in [0.25, 0.3) is 11.5 Å². The first-order valence-electron chi connectivity index (χ1n) is 11.2. The number of rotatable bonds is 7. The zero-order chi connectivity index (χ0) is 22.7. The van der Waals surface area contributed by atoms with E-state index >= 15 is 0 Å². The molecule has 0 aliphatic carbocycles. The maximum Gasteiger partial charge on any atom is 0.261 e. The molecule has 4 rings (SSSR count). The molecule has 32 heavy (non-hydrogen) atoms. The summed E-state index contributed by atoms with van der Waals surface area (Å²) in [6.45, 7) is 9.70. The molecule has 0 atom stereocenters. The van der Waals surface area contributed by atoms with Gasteiger partial charge in [-0.3, -0.25) is 9.59 Å². The van der Waals surface area contributed by atoms with Crippen LogP contribution in [0.1, 0.15) is 51.4 Å². The zero-order valence-corrected chi connectivity index (χ0v) is 20.5. The molecule has 3 aromatic rings. The van der Waals surface area contributed by atoms with E-state index in [-0.39, 0.29) is 11.5 Å². The van der Waals surface area contributed by atoms with Crippen molar-refractivity contribution < 1.29 is 4.79 Å². The first-order chi connectivity index (χ1) is 15.4. The van der Waals surface area contributed by atoms with Crippen LogP contribution >= 0.6 is 23.1 Å². The lowest BCUT2D eigenvalue weighted by molar-refractivity contribution is 0.0950. The van der Waals surface area contributed by atoms with Gasteiger partial charge in [-0.15, -0.1) is 23.1 Å². The third-order valence-electron chi connectivity index (χ3n) is 5.93. The number of H-pyrrole nitrogens is 1. The highest BCUT2D eigenvalue weighted by Crippen LogP contribution is 2.29. The highest BCUT2D eigenvalue weighted by atomic mass is 32.2. The molecule has 170 valence electrons. The number of likely N-dealkylation sites (tertiary alicyclic amines) is 1. The van der Waals surface area contributed by atoms with Crippen molar-refractivity contribution in [1.82, 2.24) is 20.2 Å². The third kappa shape index (κ3) is 5.24. The molecule has 1 saturated heterocycles. The first kappa shape index (κ1) is 23.0. The van der Waals surface area contributed by atoms with E-state index in [1.807, 2.05) is 6.92 Å². The van der Waals surface area contributed by atoms with Crippen LogP contribution in [0.25, 0.3) is 10.2 Å². The van der Waals surface area contributed by atoms with Crippen LogP contribution in [0.2, 0.25) is 0 Å². The Bertz CT molecular complexity index is 1180. The van der Waals surface area contributed by atoms with E-state index < -0.39 is 0 Å². The van der Waals surface area contributed by atoms with Crippen molar-refractivity contribution in [1.29, 1.82) is 0 Å². The van der Waals surface area contributed by atoms with Gasteiger partial charge >= 0.3 is 0 Å². The maximum absolute atomic E-state index is 12.8. The van der Waals surface area contributed by atoms with Gasteiger partial charge in [-0.1, -0.05) is 24.1 Å². The number of aromatic amines is 1. The monoisotopic (exact) mass is 470 g/mol. The molecule has 1 fully saturated rings. The van der Waals surface area contributed by atoms with Gasteiger partial charge in [0.2, 0.25) is 0 Å². The minimum Gasteiger partial charge on any atom is -0.350 e. The fourth-order valence-electron chi connectivity index (χ4n) is 4.07. The van der Waals surface area contributed by atoms with Crippen molar-refractivity contribution >= 4 is 39.2 Å². The number of carbonyl (C=O) groups is 1. The van der Waals surface area contributed by atoms with Crippen molar-refractivity contribution in [3.05, 3.63) is 55.9 Å². The predicted octanol–water partition coefficient (Wildman–Crippen LogP) is 4.42. The quantitative estimate of drug-likeness (QED) is 0.500. The number of benzene rings is 1. The van der Waals surface area contributed by atoms with Crippen molar-refractivity contribution in [2.45, 2.75) is 50.7 Å². The summed E-state index contributed by atoms with van der Waals surface area (Å²) >= 11 is 2.97. The largest absolute Gasteiger partial charge is 0.350 e. The van der Waals surface area contributed by atoms with Crippen LogP contribution in [0.5, 0.6) is 0 Å². The number of nitrogens with one attached hydrogen (secondary N) is 2. The molecule has 0 unspecified atom stereocenters. The van der Waals surface area contributed by atoms with Crippen molar-refractivity contribution in [3.8, 4) is 0 Å². The number of nitrogens with zero attached hydrogens (tertiary/aromatic N) is 2. The number of thiophene rings is 1. The molecule has 8 heteroatoms. The fourth-order valence-corrected chi connectivity index (χ4v) is 6.18. The minimum absolute atomic E-state index is 0.117. The van der Waals surface area contributed by atoms with Crippen molar-refractivity contribution in [3.63, 3.8) is 0 Å². The first-order valence-corrected chi connectivity index (χ1v) is 13.0. The fraction of sp³-hybridized carbons (Fsp3) is 0.458. The summed E-state index contributed by atoms with van der Waals surface area (Å²) in [7, 11) is 0. The second-order valence-corrected chi connectivity index (χ2v) is 10.5. The molecular formula is C24H30N4O2S2. The molecule has 1 aliphatic heterocycles. The Labute approximate surface area is 196 Å². The van der Waals surface area contributed by atoms with E-state index in [0.717, 1.165) is 19.6 Å². The summed E-state index contributed by atoms with van der Waals surface area (Å²) in [4.78, 5) is 37.9. The van der Waals surface area contributed by atoms with Gasteiger partial charge in [0.15, 0.2) is 0 Å². The lowest BCUT2D eigenvalue weighted by Gasteiger charge is -2.26. The summed E-state index contributed by atoms with van der Waals surface area (Å²) in [6.07, 6.45) is 3.78. The topological polar surface area (TPSA) is 78.1 Å². The van der Waals surface area contributed by atoms with Gasteiger partial charge in [-0.2, -0.15) is 0 Å². The SMILES string of the molecule is Cc1ccc(C)c(SCc2nc3sc(C(=O)NCCN4CCCCC4)c(C)c3c(=O)[nH]2)c1. The van der Waals surface area contributed by atoms with Crippen LogP contribution in [0.3, 0.4) is 0 Å². The Hall–Kier alpha value is -2.16. The molecule has 3 heterocycles. The Morgan fingerprint density at radius 3 is 2.78 bits per heavy atom. The number of amides is 1. The van der Waals surface area contributed by atoms with Gasteiger partial charge in [0.1, 0.15) is 10.7 Å². The summed E-state index contributed by atoms with van der Waals surface area (Å²) in [6, 6.07) is 6.35. The Morgan fingerprint density at radius 1 is 1.22 bits per heavy atom. The average molecular weight is 471 g/mol. The lowest BCUT2D eigenvalue weighted by atomic mass is 10.1. The molecule has 1 amide bonds. The molecule has 0 radical (unpaired) electrons. The summed E-state index contributed by atoms with van der Waals surface area (Å²) in [5.74, 6) is 1.09. The lowest BCUT2D eigenvalue weighted by Crippen LogP contribution is -2.37. The van der Waals surface area contributed by atoms with Crippen molar-refractivity contribution in [2.75, 3.05) is 26.2 Å². The molecule has 1 aromatic carbocycles.